The van der Waals surface area contributed by atoms with Crippen LogP contribution in [0, 0.1) is 5.92 Å². The van der Waals surface area contributed by atoms with Gasteiger partial charge in [-0.15, -0.1) is 0 Å². The third kappa shape index (κ3) is 6.28. The maximum absolute atomic E-state index is 13.2. The summed E-state index contributed by atoms with van der Waals surface area (Å²) in [5.41, 5.74) is 1.78. The number of piperidine rings is 1. The zero-order valence-corrected chi connectivity index (χ0v) is 19.4. The molecule has 2 N–H and O–H groups in total. The topological polar surface area (TPSA) is 61.4 Å². The second-order valence-corrected chi connectivity index (χ2v) is 9.01. The largest absolute Gasteiger partial charge is 0.350 e. The molecule has 5 nitrogen and oxygen atoms in total. The normalized spacial score (nSPS) is 15.4. The van der Waals surface area contributed by atoms with Gasteiger partial charge in [0, 0.05) is 23.7 Å². The first-order chi connectivity index (χ1) is 14.8. The smallest absolute Gasteiger partial charge is 0.257 e. The highest BCUT2D eigenvalue weighted by atomic mass is 35.5. The van der Waals surface area contributed by atoms with Gasteiger partial charge in [-0.1, -0.05) is 55.8 Å². The highest BCUT2D eigenvalue weighted by Gasteiger charge is 2.31. The van der Waals surface area contributed by atoms with Crippen LogP contribution < -0.4 is 10.6 Å². The van der Waals surface area contributed by atoms with Gasteiger partial charge in [-0.25, -0.2) is 0 Å². The van der Waals surface area contributed by atoms with Crippen molar-refractivity contribution in [2.75, 3.05) is 13.1 Å². The zero-order chi connectivity index (χ0) is 22.4. The molecule has 1 saturated heterocycles. The molecule has 2 aromatic carbocycles. The van der Waals surface area contributed by atoms with Gasteiger partial charge in [0.1, 0.15) is 6.04 Å². The van der Waals surface area contributed by atoms with E-state index in [1.54, 1.807) is 24.3 Å². The molecule has 3 rings (SSSR count). The van der Waals surface area contributed by atoms with Gasteiger partial charge in [-0.05, 0) is 66.7 Å². The summed E-state index contributed by atoms with van der Waals surface area (Å²) in [6, 6.07) is 16.3. The van der Waals surface area contributed by atoms with Crippen molar-refractivity contribution >= 4 is 40.7 Å². The van der Waals surface area contributed by atoms with E-state index in [2.05, 4.69) is 22.8 Å². The molecule has 1 fully saturated rings. The molecular weight excluding hydrogens is 430 g/mol. The summed E-state index contributed by atoms with van der Waals surface area (Å²) in [5.74, 6) is 0.170. The van der Waals surface area contributed by atoms with Crippen LogP contribution in [-0.2, 0) is 4.79 Å². The maximum atomic E-state index is 13.2. The second-order valence-electron chi connectivity index (χ2n) is 8.17. The molecule has 2 amide bonds. The lowest BCUT2D eigenvalue weighted by Gasteiger charge is -2.36. The summed E-state index contributed by atoms with van der Waals surface area (Å²) in [7, 11) is 0. The highest BCUT2D eigenvalue weighted by molar-refractivity contribution is 7.80. The second kappa shape index (κ2) is 10.7. The Balaban J connectivity index is 1.56. The van der Waals surface area contributed by atoms with Crippen LogP contribution in [0.5, 0.6) is 0 Å². The summed E-state index contributed by atoms with van der Waals surface area (Å²) in [4.78, 5) is 27.4. The Hall–Kier alpha value is -2.44. The van der Waals surface area contributed by atoms with E-state index in [1.807, 2.05) is 36.9 Å². The molecule has 1 aliphatic rings. The first kappa shape index (κ1) is 23.2. The molecule has 1 heterocycles. The maximum Gasteiger partial charge on any atom is 0.257 e. The van der Waals surface area contributed by atoms with Crippen LogP contribution in [-0.4, -0.2) is 41.0 Å². The minimum Gasteiger partial charge on any atom is -0.350 e. The number of nitrogens with one attached hydrogen (secondary N) is 2. The van der Waals surface area contributed by atoms with Crippen LogP contribution >= 0.6 is 23.8 Å². The predicted molar refractivity (Wildman–Crippen MR) is 128 cm³/mol. The molecule has 0 saturated carbocycles. The fraction of sp³-hybridized carbons (Fsp3) is 0.375. The van der Waals surface area contributed by atoms with Gasteiger partial charge in [0.15, 0.2) is 5.11 Å². The number of carbonyl (C=O) groups is 2. The van der Waals surface area contributed by atoms with E-state index < -0.39 is 6.04 Å². The number of amides is 2. The van der Waals surface area contributed by atoms with Crippen LogP contribution in [0.1, 0.15) is 48.5 Å². The van der Waals surface area contributed by atoms with Crippen LogP contribution in [0.2, 0.25) is 5.02 Å². The Bertz CT molecular complexity index is 910. The molecule has 31 heavy (non-hydrogen) atoms. The SMILES string of the molecule is CC(C)C(NC(=S)NC(=O)c1ccccc1)C(=O)N1CCC(c2ccc(Cl)cc2)CC1. The molecule has 1 aliphatic heterocycles. The number of thiocarbonyl (C=S) groups is 1. The molecule has 0 bridgehead atoms. The van der Waals surface area contributed by atoms with E-state index in [1.165, 1.54) is 5.56 Å². The molecule has 0 aliphatic carbocycles. The molecular formula is C24H28ClN3O2S. The van der Waals surface area contributed by atoms with Crippen LogP contribution in [0.3, 0.4) is 0 Å². The monoisotopic (exact) mass is 457 g/mol. The van der Waals surface area contributed by atoms with Crippen LogP contribution in [0.15, 0.2) is 54.6 Å². The van der Waals surface area contributed by atoms with E-state index in [4.69, 9.17) is 23.8 Å². The summed E-state index contributed by atoms with van der Waals surface area (Å²) in [5, 5.41) is 6.63. The van der Waals surface area contributed by atoms with Crippen molar-refractivity contribution in [2.45, 2.75) is 38.6 Å². The summed E-state index contributed by atoms with van der Waals surface area (Å²) >= 11 is 11.3. The number of hydrogen-bond acceptors (Lipinski definition) is 3. The fourth-order valence-electron chi connectivity index (χ4n) is 3.82. The number of hydrogen-bond donors (Lipinski definition) is 2. The van der Waals surface area contributed by atoms with Gasteiger partial charge in [0.05, 0.1) is 0 Å². The standard InChI is InChI=1S/C24H28ClN3O2S/c1-16(2)21(26-24(31)27-22(29)19-6-4-3-5-7-19)23(30)28-14-12-18(13-15-28)17-8-10-20(25)11-9-17/h3-11,16,18,21H,12-15H2,1-2H3,(H2,26,27,29,31). The minimum absolute atomic E-state index is 0.0147. The van der Waals surface area contributed by atoms with Crippen molar-refractivity contribution in [2.24, 2.45) is 5.92 Å². The predicted octanol–water partition coefficient (Wildman–Crippen LogP) is 4.38. The number of likely N-dealkylation sites (tertiary alicyclic amines) is 1. The lowest BCUT2D eigenvalue weighted by atomic mass is 9.89. The van der Waals surface area contributed by atoms with E-state index in [0.717, 1.165) is 17.9 Å². The van der Waals surface area contributed by atoms with E-state index in [-0.39, 0.29) is 22.8 Å². The molecule has 1 atom stereocenters. The van der Waals surface area contributed by atoms with Crippen LogP contribution in [0.4, 0.5) is 0 Å². The van der Waals surface area contributed by atoms with Gasteiger partial charge in [-0.3, -0.25) is 14.9 Å². The van der Waals surface area contributed by atoms with E-state index in [0.29, 0.717) is 24.6 Å². The molecule has 0 aromatic heterocycles. The summed E-state index contributed by atoms with van der Waals surface area (Å²) in [6.07, 6.45) is 1.82. The molecule has 164 valence electrons. The van der Waals surface area contributed by atoms with Crippen molar-refractivity contribution < 1.29 is 9.59 Å². The van der Waals surface area contributed by atoms with Gasteiger partial charge in [0.25, 0.3) is 5.91 Å². The van der Waals surface area contributed by atoms with E-state index in [9.17, 15) is 9.59 Å². The van der Waals surface area contributed by atoms with Gasteiger partial charge in [-0.2, -0.15) is 0 Å². The highest BCUT2D eigenvalue weighted by Crippen LogP contribution is 2.29. The van der Waals surface area contributed by atoms with Crippen molar-refractivity contribution in [3.8, 4) is 0 Å². The molecule has 7 heteroatoms. The average molecular weight is 458 g/mol. The van der Waals surface area contributed by atoms with Gasteiger partial charge >= 0.3 is 0 Å². The van der Waals surface area contributed by atoms with Gasteiger partial charge < -0.3 is 10.2 Å². The third-order valence-corrected chi connectivity index (χ3v) is 6.10. The number of nitrogens with zero attached hydrogens (tertiary/aromatic N) is 1. The molecule has 0 radical (unpaired) electrons. The Morgan fingerprint density at radius 1 is 1.03 bits per heavy atom. The Morgan fingerprint density at radius 3 is 2.23 bits per heavy atom. The fourth-order valence-corrected chi connectivity index (χ4v) is 4.17. The summed E-state index contributed by atoms with van der Waals surface area (Å²) < 4.78 is 0. The number of carbonyl (C=O) groups excluding carboxylic acids is 2. The first-order valence-electron chi connectivity index (χ1n) is 10.6. The number of halogens is 1. The lowest BCUT2D eigenvalue weighted by Crippen LogP contribution is -2.55. The van der Waals surface area contributed by atoms with E-state index >= 15 is 0 Å². The Labute approximate surface area is 194 Å². The molecule has 2 aromatic rings. The van der Waals surface area contributed by atoms with Crippen molar-refractivity contribution in [1.82, 2.24) is 15.5 Å². The molecule has 0 spiro atoms. The summed E-state index contributed by atoms with van der Waals surface area (Å²) in [6.45, 7) is 5.33. The Morgan fingerprint density at radius 2 is 1.65 bits per heavy atom. The number of benzene rings is 2. The first-order valence-corrected chi connectivity index (χ1v) is 11.3. The minimum atomic E-state index is -0.490. The van der Waals surface area contributed by atoms with Crippen molar-refractivity contribution in [3.63, 3.8) is 0 Å². The zero-order valence-electron chi connectivity index (χ0n) is 17.8. The number of rotatable bonds is 5. The molecule has 1 unspecified atom stereocenters. The average Bonchev–Trinajstić information content (AvgIpc) is 2.78. The quantitative estimate of drug-likeness (QED) is 0.654. The Kier molecular flexibility index (Phi) is 8.04. The van der Waals surface area contributed by atoms with Crippen molar-refractivity contribution in [3.05, 3.63) is 70.7 Å². The third-order valence-electron chi connectivity index (χ3n) is 5.63. The van der Waals surface area contributed by atoms with Crippen molar-refractivity contribution in [1.29, 1.82) is 0 Å². The lowest BCUT2D eigenvalue weighted by molar-refractivity contribution is -0.135. The van der Waals surface area contributed by atoms with Gasteiger partial charge in [0.2, 0.25) is 5.91 Å². The van der Waals surface area contributed by atoms with Crippen LogP contribution in [0.25, 0.3) is 0 Å².